The molecule has 0 fully saturated rings. The second-order valence-corrected chi connectivity index (χ2v) is 5.28. The lowest BCUT2D eigenvalue weighted by Gasteiger charge is -2.03. The van der Waals surface area contributed by atoms with Crippen LogP contribution in [0.3, 0.4) is 0 Å². The van der Waals surface area contributed by atoms with Crippen molar-refractivity contribution in [3.63, 3.8) is 0 Å². The van der Waals surface area contributed by atoms with Crippen LogP contribution in [0.1, 0.15) is 19.4 Å². The summed E-state index contributed by atoms with van der Waals surface area (Å²) < 4.78 is 15.2. The quantitative estimate of drug-likeness (QED) is 0.861. The predicted octanol–water partition coefficient (Wildman–Crippen LogP) is 4.13. The van der Waals surface area contributed by atoms with Crippen molar-refractivity contribution in [2.24, 2.45) is 5.92 Å². The molecule has 1 N–H and O–H groups in total. The van der Waals surface area contributed by atoms with Crippen molar-refractivity contribution < 1.29 is 9.50 Å². The van der Waals surface area contributed by atoms with Gasteiger partial charge in [0.15, 0.2) is 5.82 Å². The zero-order valence-electron chi connectivity index (χ0n) is 11.3. The van der Waals surface area contributed by atoms with Gasteiger partial charge in [-0.25, -0.2) is 9.07 Å². The average molecular weight is 295 g/mol. The molecule has 0 aliphatic carbocycles. The number of aromatic hydroxyl groups is 1. The van der Waals surface area contributed by atoms with Crippen LogP contribution < -0.4 is 0 Å². The zero-order chi connectivity index (χ0) is 14.7. The average Bonchev–Trinajstić information content (AvgIpc) is 2.74. The highest BCUT2D eigenvalue weighted by atomic mass is 35.5. The third-order valence-corrected chi connectivity index (χ3v) is 3.10. The normalized spacial score (nSPS) is 11.7. The van der Waals surface area contributed by atoms with Gasteiger partial charge in [-0.05, 0) is 24.5 Å². The number of rotatable bonds is 4. The molecule has 1 aromatic carbocycles. The zero-order valence-corrected chi connectivity index (χ0v) is 12.1. The third kappa shape index (κ3) is 3.20. The van der Waals surface area contributed by atoms with E-state index in [2.05, 4.69) is 18.9 Å². The summed E-state index contributed by atoms with van der Waals surface area (Å²) in [5.41, 5.74) is 0.855. The molecule has 3 nitrogen and oxygen atoms in total. The molecule has 5 heteroatoms. The number of allylic oxidation sites excluding steroid dienone is 2. The molecule has 20 heavy (non-hydrogen) atoms. The lowest BCUT2D eigenvalue weighted by Crippen LogP contribution is -1.98. The first-order valence-electron chi connectivity index (χ1n) is 6.37. The van der Waals surface area contributed by atoms with Gasteiger partial charge >= 0.3 is 0 Å². The highest BCUT2D eigenvalue weighted by Crippen LogP contribution is 2.24. The second kappa shape index (κ2) is 6.09. The maximum Gasteiger partial charge on any atom is 0.234 e. The molecule has 0 aliphatic heterocycles. The lowest BCUT2D eigenvalue weighted by molar-refractivity contribution is 0.442. The third-order valence-electron chi connectivity index (χ3n) is 2.80. The number of halogens is 2. The number of hydrogen-bond donors (Lipinski definition) is 1. The van der Waals surface area contributed by atoms with E-state index in [0.717, 1.165) is 0 Å². The molecule has 0 radical (unpaired) electrons. The van der Waals surface area contributed by atoms with E-state index >= 15 is 0 Å². The van der Waals surface area contributed by atoms with Gasteiger partial charge in [0.25, 0.3) is 0 Å². The van der Waals surface area contributed by atoms with Crippen LogP contribution in [0.15, 0.2) is 36.5 Å². The summed E-state index contributed by atoms with van der Waals surface area (Å²) in [7, 11) is 0. The van der Waals surface area contributed by atoms with Gasteiger partial charge in [-0.15, -0.1) is 5.10 Å². The van der Waals surface area contributed by atoms with E-state index < -0.39 is 5.82 Å². The maximum absolute atomic E-state index is 13.9. The van der Waals surface area contributed by atoms with Crippen molar-refractivity contribution in [1.29, 1.82) is 0 Å². The Hall–Kier alpha value is -1.81. The molecule has 1 aromatic heterocycles. The van der Waals surface area contributed by atoms with Crippen molar-refractivity contribution in [1.82, 2.24) is 9.78 Å². The van der Waals surface area contributed by atoms with Gasteiger partial charge in [0.1, 0.15) is 5.69 Å². The van der Waals surface area contributed by atoms with Gasteiger partial charge in [-0.3, -0.25) is 0 Å². The van der Waals surface area contributed by atoms with E-state index in [-0.39, 0.29) is 16.6 Å². The summed E-state index contributed by atoms with van der Waals surface area (Å²) >= 11 is 5.74. The first-order valence-corrected chi connectivity index (χ1v) is 6.75. The van der Waals surface area contributed by atoms with Crippen LogP contribution in [0.4, 0.5) is 4.39 Å². The van der Waals surface area contributed by atoms with Crippen LogP contribution in [-0.2, 0) is 6.42 Å². The lowest BCUT2D eigenvalue weighted by atomic mass is 10.1. The van der Waals surface area contributed by atoms with Crippen molar-refractivity contribution in [2.75, 3.05) is 0 Å². The Kier molecular flexibility index (Phi) is 4.45. The van der Waals surface area contributed by atoms with Gasteiger partial charge in [0.05, 0.1) is 5.02 Å². The van der Waals surface area contributed by atoms with Crippen LogP contribution in [-0.4, -0.2) is 14.9 Å². The Morgan fingerprint density at radius 1 is 1.45 bits per heavy atom. The molecule has 0 aliphatic rings. The van der Waals surface area contributed by atoms with Gasteiger partial charge in [0, 0.05) is 11.8 Å². The summed E-state index contributed by atoms with van der Waals surface area (Å²) in [6.45, 7) is 4.14. The summed E-state index contributed by atoms with van der Waals surface area (Å²) in [6, 6.07) is 4.66. The molecule has 0 saturated carbocycles. The van der Waals surface area contributed by atoms with E-state index in [4.69, 9.17) is 11.6 Å². The summed E-state index contributed by atoms with van der Waals surface area (Å²) in [4.78, 5) is 0. The highest BCUT2D eigenvalue weighted by Gasteiger charge is 2.12. The minimum absolute atomic E-state index is 0.0266. The molecule has 106 valence electrons. The molecule has 0 amide bonds. The topological polar surface area (TPSA) is 38.0 Å². The Labute approximate surface area is 122 Å². The minimum atomic E-state index is -0.555. The molecule has 2 rings (SSSR count). The molecule has 2 aromatic rings. The number of nitrogens with zero attached hydrogens (tertiary/aromatic N) is 2. The number of aromatic nitrogens is 2. The number of benzene rings is 1. The molecule has 0 atom stereocenters. The minimum Gasteiger partial charge on any atom is -0.492 e. The fourth-order valence-electron chi connectivity index (χ4n) is 1.80. The van der Waals surface area contributed by atoms with Crippen LogP contribution in [0.25, 0.3) is 5.69 Å². The fraction of sp³-hybridized carbons (Fsp3) is 0.267. The Balaban J connectivity index is 2.29. The van der Waals surface area contributed by atoms with Crippen molar-refractivity contribution in [3.8, 4) is 11.6 Å². The summed E-state index contributed by atoms with van der Waals surface area (Å²) in [5, 5.41) is 13.7. The van der Waals surface area contributed by atoms with E-state index in [1.165, 1.54) is 10.7 Å². The van der Waals surface area contributed by atoms with Gasteiger partial charge in [0.2, 0.25) is 5.88 Å². The van der Waals surface area contributed by atoms with E-state index in [1.54, 1.807) is 18.3 Å². The molecular weight excluding hydrogens is 279 g/mol. The molecule has 0 unspecified atom stereocenters. The summed E-state index contributed by atoms with van der Waals surface area (Å²) in [5.74, 6) is -0.212. The highest BCUT2D eigenvalue weighted by molar-refractivity contribution is 6.30. The van der Waals surface area contributed by atoms with E-state index in [1.807, 2.05) is 12.2 Å². The Morgan fingerprint density at radius 2 is 2.20 bits per heavy atom. The maximum atomic E-state index is 13.9. The second-order valence-electron chi connectivity index (χ2n) is 4.87. The molecule has 0 saturated heterocycles. The van der Waals surface area contributed by atoms with Crippen LogP contribution in [0.2, 0.25) is 5.02 Å². The van der Waals surface area contributed by atoms with Gasteiger partial charge < -0.3 is 5.11 Å². The van der Waals surface area contributed by atoms with Crippen LogP contribution >= 0.6 is 11.6 Å². The van der Waals surface area contributed by atoms with Crippen molar-refractivity contribution in [3.05, 3.63) is 53.0 Å². The van der Waals surface area contributed by atoms with Crippen molar-refractivity contribution >= 4 is 11.6 Å². The van der Waals surface area contributed by atoms with Gasteiger partial charge in [-0.1, -0.05) is 43.7 Å². The number of hydrogen-bond acceptors (Lipinski definition) is 2. The van der Waals surface area contributed by atoms with Crippen LogP contribution in [0, 0.1) is 11.7 Å². The standard InChI is InChI=1S/C15H16ClFN2O/c1-10(2)5-3-6-11-9-19(18-15(11)20)13-8-4-7-12(16)14(13)17/h3-5,7-10H,6H2,1-2H3,(H,18,20)/b5-3+. The summed E-state index contributed by atoms with van der Waals surface area (Å²) in [6.07, 6.45) is 6.15. The van der Waals surface area contributed by atoms with Crippen LogP contribution in [0.5, 0.6) is 5.88 Å². The largest absolute Gasteiger partial charge is 0.492 e. The van der Waals surface area contributed by atoms with Gasteiger partial charge in [-0.2, -0.15) is 0 Å². The first kappa shape index (κ1) is 14.6. The molecule has 1 heterocycles. The molecule has 0 spiro atoms. The Bertz CT molecular complexity index is 635. The Morgan fingerprint density at radius 3 is 2.90 bits per heavy atom. The molecular formula is C15H16ClFN2O. The first-order chi connectivity index (χ1) is 9.49. The smallest absolute Gasteiger partial charge is 0.234 e. The SMILES string of the molecule is CC(C)/C=C/Cc1cn(-c2cccc(Cl)c2F)nc1O. The van der Waals surface area contributed by atoms with E-state index in [9.17, 15) is 9.50 Å². The van der Waals surface area contributed by atoms with E-state index in [0.29, 0.717) is 17.9 Å². The fourth-order valence-corrected chi connectivity index (χ4v) is 1.97. The van der Waals surface area contributed by atoms with Crippen molar-refractivity contribution in [2.45, 2.75) is 20.3 Å². The molecule has 0 bridgehead atoms. The predicted molar refractivity (Wildman–Crippen MR) is 77.9 cm³/mol. The monoisotopic (exact) mass is 294 g/mol.